The molecule has 18 heavy (non-hydrogen) atoms. The van der Waals surface area contributed by atoms with Gasteiger partial charge in [-0.25, -0.2) is 5.43 Å². The number of nitrogens with two attached hydrogens (primary N) is 1. The highest BCUT2D eigenvalue weighted by Crippen LogP contribution is 2.31. The van der Waals surface area contributed by atoms with Gasteiger partial charge in [0.25, 0.3) is 0 Å². The molecule has 0 radical (unpaired) electrons. The molecular formula is C12H24N6. The Labute approximate surface area is 108 Å². The number of piperidine rings is 1. The number of likely N-dealkylation sites (tertiary alicyclic amines) is 1. The van der Waals surface area contributed by atoms with Crippen LogP contribution >= 0.6 is 0 Å². The van der Waals surface area contributed by atoms with Gasteiger partial charge in [-0.05, 0) is 39.8 Å². The zero-order valence-corrected chi connectivity index (χ0v) is 11.6. The highest BCUT2D eigenvalue weighted by Gasteiger charge is 2.38. The minimum atomic E-state index is -0.0509. The average Bonchev–Trinajstić information content (AvgIpc) is 2.78. The van der Waals surface area contributed by atoms with Crippen LogP contribution in [0.5, 0.6) is 0 Å². The molecule has 0 bridgehead atoms. The number of rotatable bonds is 4. The van der Waals surface area contributed by atoms with Gasteiger partial charge in [-0.1, -0.05) is 11.6 Å². The first-order valence-electron chi connectivity index (χ1n) is 6.63. The first kappa shape index (κ1) is 13.5. The van der Waals surface area contributed by atoms with Crippen LogP contribution in [0, 0.1) is 0 Å². The Morgan fingerprint density at radius 1 is 1.33 bits per heavy atom. The summed E-state index contributed by atoms with van der Waals surface area (Å²) < 4.78 is 1.79. The molecule has 0 saturated carbocycles. The molecule has 0 aromatic carbocycles. The van der Waals surface area contributed by atoms with E-state index in [2.05, 4.69) is 34.5 Å². The van der Waals surface area contributed by atoms with Gasteiger partial charge in [-0.3, -0.25) is 15.4 Å². The van der Waals surface area contributed by atoms with Crippen molar-refractivity contribution in [3.8, 4) is 0 Å². The van der Waals surface area contributed by atoms with Gasteiger partial charge in [0.05, 0.1) is 17.9 Å². The predicted octanol–water partition coefficient (Wildman–Crippen LogP) is 0.584. The van der Waals surface area contributed by atoms with Crippen molar-refractivity contribution in [1.29, 1.82) is 0 Å². The summed E-state index contributed by atoms with van der Waals surface area (Å²) >= 11 is 0. The van der Waals surface area contributed by atoms with Crippen LogP contribution in [0.4, 0.5) is 0 Å². The van der Waals surface area contributed by atoms with E-state index in [-0.39, 0.29) is 11.6 Å². The first-order valence-corrected chi connectivity index (χ1v) is 6.63. The van der Waals surface area contributed by atoms with E-state index >= 15 is 0 Å². The molecule has 1 aromatic heterocycles. The third kappa shape index (κ3) is 2.41. The van der Waals surface area contributed by atoms with Gasteiger partial charge in [-0.2, -0.15) is 0 Å². The number of nitrogens with one attached hydrogen (secondary N) is 1. The second kappa shape index (κ2) is 5.34. The van der Waals surface area contributed by atoms with Gasteiger partial charge in [0.2, 0.25) is 0 Å². The van der Waals surface area contributed by atoms with Crippen LogP contribution in [0.2, 0.25) is 0 Å². The molecule has 1 aliphatic heterocycles. The highest BCUT2D eigenvalue weighted by atomic mass is 15.4. The lowest BCUT2D eigenvalue weighted by molar-refractivity contribution is 0.0582. The average molecular weight is 252 g/mol. The number of aromatic nitrogens is 3. The van der Waals surface area contributed by atoms with Crippen LogP contribution in [0.3, 0.4) is 0 Å². The zero-order chi connectivity index (χ0) is 13.2. The monoisotopic (exact) mass is 252 g/mol. The number of nitrogens with zero attached hydrogens (tertiary/aromatic N) is 4. The fourth-order valence-corrected chi connectivity index (χ4v) is 2.86. The van der Waals surface area contributed by atoms with E-state index in [0.29, 0.717) is 0 Å². The molecule has 3 N–H and O–H groups in total. The van der Waals surface area contributed by atoms with Gasteiger partial charge in [-0.15, -0.1) is 5.10 Å². The molecule has 1 aliphatic rings. The highest BCUT2D eigenvalue weighted by molar-refractivity contribution is 5.10. The molecule has 102 valence electrons. The van der Waals surface area contributed by atoms with Crippen molar-refractivity contribution >= 4 is 0 Å². The van der Waals surface area contributed by atoms with Crippen LogP contribution in [-0.2, 0) is 7.05 Å². The molecule has 0 aliphatic carbocycles. The lowest BCUT2D eigenvalue weighted by Crippen LogP contribution is -2.56. The Morgan fingerprint density at radius 3 is 2.50 bits per heavy atom. The van der Waals surface area contributed by atoms with Crippen molar-refractivity contribution < 1.29 is 0 Å². The summed E-state index contributed by atoms with van der Waals surface area (Å²) in [6.45, 7) is 6.73. The number of hydrogen-bond donors (Lipinski definition) is 2. The molecule has 0 amide bonds. The molecule has 6 nitrogen and oxygen atoms in total. The standard InChI is InChI=1S/C12H24N6/c1-12(2,18-7-5-4-6-8-18)11(15-13)10-9-14-16-17(10)3/h9,11,15H,4-8,13H2,1-3H3. The summed E-state index contributed by atoms with van der Waals surface area (Å²) in [4.78, 5) is 2.51. The van der Waals surface area contributed by atoms with E-state index in [9.17, 15) is 0 Å². The predicted molar refractivity (Wildman–Crippen MR) is 70.6 cm³/mol. The van der Waals surface area contributed by atoms with Gasteiger partial charge in [0.1, 0.15) is 0 Å². The quantitative estimate of drug-likeness (QED) is 0.606. The second-order valence-corrected chi connectivity index (χ2v) is 5.58. The van der Waals surface area contributed by atoms with Crippen LogP contribution in [0.15, 0.2) is 6.20 Å². The summed E-state index contributed by atoms with van der Waals surface area (Å²) in [6, 6.07) is 0.0237. The summed E-state index contributed by atoms with van der Waals surface area (Å²) in [6.07, 6.45) is 5.66. The van der Waals surface area contributed by atoms with Gasteiger partial charge in [0.15, 0.2) is 0 Å². The number of hydrazine groups is 1. The molecule has 2 rings (SSSR count). The molecule has 1 saturated heterocycles. The summed E-state index contributed by atoms with van der Waals surface area (Å²) in [5.74, 6) is 5.78. The molecule has 1 unspecified atom stereocenters. The maximum absolute atomic E-state index is 5.78. The molecule has 6 heteroatoms. The van der Waals surface area contributed by atoms with Crippen molar-refractivity contribution in [2.75, 3.05) is 13.1 Å². The zero-order valence-electron chi connectivity index (χ0n) is 11.6. The third-order valence-electron chi connectivity index (χ3n) is 4.09. The van der Waals surface area contributed by atoms with Crippen molar-refractivity contribution in [3.63, 3.8) is 0 Å². The smallest absolute Gasteiger partial charge is 0.0823 e. The Kier molecular flexibility index (Phi) is 3.99. The molecule has 1 aromatic rings. The molecule has 1 atom stereocenters. The minimum absolute atomic E-state index is 0.0237. The largest absolute Gasteiger partial charge is 0.296 e. The number of aryl methyl sites for hydroxylation is 1. The van der Waals surface area contributed by atoms with Crippen LogP contribution in [0.25, 0.3) is 0 Å². The van der Waals surface area contributed by atoms with E-state index < -0.39 is 0 Å². The van der Waals surface area contributed by atoms with Crippen LogP contribution in [0.1, 0.15) is 44.8 Å². The Balaban J connectivity index is 2.22. The van der Waals surface area contributed by atoms with E-state index in [0.717, 1.165) is 18.8 Å². The van der Waals surface area contributed by atoms with E-state index in [4.69, 9.17) is 5.84 Å². The van der Waals surface area contributed by atoms with Crippen molar-refractivity contribution in [3.05, 3.63) is 11.9 Å². The fraction of sp³-hybridized carbons (Fsp3) is 0.833. The van der Waals surface area contributed by atoms with E-state index in [1.165, 1.54) is 19.3 Å². The van der Waals surface area contributed by atoms with Crippen molar-refractivity contribution in [2.45, 2.75) is 44.7 Å². The Morgan fingerprint density at radius 2 is 2.00 bits per heavy atom. The van der Waals surface area contributed by atoms with Gasteiger partial charge in [0, 0.05) is 12.6 Å². The minimum Gasteiger partial charge on any atom is -0.296 e. The Bertz CT molecular complexity index is 380. The third-order valence-corrected chi connectivity index (χ3v) is 4.09. The van der Waals surface area contributed by atoms with Crippen LogP contribution in [-0.4, -0.2) is 38.5 Å². The first-order chi connectivity index (χ1) is 8.57. The molecule has 1 fully saturated rings. The topological polar surface area (TPSA) is 72.0 Å². The Hall–Kier alpha value is -0.980. The van der Waals surface area contributed by atoms with Gasteiger partial charge >= 0.3 is 0 Å². The molecular weight excluding hydrogens is 228 g/mol. The van der Waals surface area contributed by atoms with Crippen molar-refractivity contribution in [2.24, 2.45) is 12.9 Å². The SMILES string of the molecule is Cn1nncc1C(NN)C(C)(C)N1CCCCC1. The summed E-state index contributed by atoms with van der Waals surface area (Å²) in [5, 5.41) is 7.94. The van der Waals surface area contributed by atoms with Crippen molar-refractivity contribution in [1.82, 2.24) is 25.3 Å². The fourth-order valence-electron chi connectivity index (χ4n) is 2.86. The van der Waals surface area contributed by atoms with E-state index in [1.54, 1.807) is 10.9 Å². The summed E-state index contributed by atoms with van der Waals surface area (Å²) in [5.41, 5.74) is 3.91. The van der Waals surface area contributed by atoms with Gasteiger partial charge < -0.3 is 0 Å². The maximum atomic E-state index is 5.78. The van der Waals surface area contributed by atoms with E-state index in [1.807, 2.05) is 7.05 Å². The molecule has 0 spiro atoms. The second-order valence-electron chi connectivity index (χ2n) is 5.58. The number of hydrogen-bond acceptors (Lipinski definition) is 5. The molecule has 2 heterocycles. The maximum Gasteiger partial charge on any atom is 0.0823 e. The normalized spacial score (nSPS) is 20.0. The van der Waals surface area contributed by atoms with Crippen LogP contribution < -0.4 is 11.3 Å². The lowest BCUT2D eigenvalue weighted by Gasteiger charge is -2.45. The lowest BCUT2D eigenvalue weighted by atomic mass is 9.88. The summed E-state index contributed by atoms with van der Waals surface area (Å²) in [7, 11) is 1.90.